The second kappa shape index (κ2) is 5.40. The molecule has 7 nitrogen and oxygen atoms in total. The molecule has 0 aliphatic rings. The number of nitrogens with zero attached hydrogens (tertiary/aromatic N) is 5. The number of rotatable bonds is 4. The molecule has 7 heteroatoms. The van der Waals surface area contributed by atoms with Crippen LogP contribution in [0.3, 0.4) is 0 Å². The monoisotopic (exact) mass is 317 g/mol. The molecule has 0 amide bonds. The van der Waals surface area contributed by atoms with Crippen molar-refractivity contribution in [3.8, 4) is 0 Å². The first-order valence-electron chi connectivity index (χ1n) is 8.04. The third-order valence-corrected chi connectivity index (χ3v) is 4.14. The van der Waals surface area contributed by atoms with Gasteiger partial charge in [0.05, 0.1) is 0 Å². The average molecular weight is 317 g/mol. The molecule has 0 saturated heterocycles. The summed E-state index contributed by atoms with van der Waals surface area (Å²) >= 11 is 0. The van der Waals surface area contributed by atoms with Gasteiger partial charge in [-0.15, -0.1) is 0 Å². The van der Waals surface area contributed by atoms with E-state index < -0.39 is 0 Å². The molecule has 0 bridgehead atoms. The highest BCUT2D eigenvalue weighted by Gasteiger charge is 2.20. The fourth-order valence-corrected chi connectivity index (χ4v) is 3.08. The first-order chi connectivity index (χ1) is 10.9. The second-order valence-corrected chi connectivity index (χ2v) is 6.53. The van der Waals surface area contributed by atoms with Crippen LogP contribution in [0.25, 0.3) is 16.9 Å². The maximum Gasteiger partial charge on any atom is 0.332 e. The molecular formula is C16H23N5O2. The van der Waals surface area contributed by atoms with Crippen LogP contribution in [0.15, 0.2) is 15.8 Å². The Labute approximate surface area is 133 Å². The molecule has 3 heterocycles. The van der Waals surface area contributed by atoms with Crippen LogP contribution in [0.1, 0.15) is 32.9 Å². The van der Waals surface area contributed by atoms with Gasteiger partial charge in [-0.05, 0) is 19.3 Å². The van der Waals surface area contributed by atoms with Gasteiger partial charge in [-0.1, -0.05) is 20.8 Å². The van der Waals surface area contributed by atoms with Crippen LogP contribution in [0.4, 0.5) is 0 Å². The summed E-state index contributed by atoms with van der Waals surface area (Å²) in [5, 5.41) is 0. The van der Waals surface area contributed by atoms with Crippen molar-refractivity contribution in [2.75, 3.05) is 0 Å². The number of imidazole rings is 2. The summed E-state index contributed by atoms with van der Waals surface area (Å²) in [7, 11) is 1.67. The zero-order valence-corrected chi connectivity index (χ0v) is 14.3. The van der Waals surface area contributed by atoms with E-state index in [-0.39, 0.29) is 17.2 Å². The second-order valence-electron chi connectivity index (χ2n) is 6.53. The minimum absolute atomic E-state index is 0.215. The van der Waals surface area contributed by atoms with Crippen LogP contribution >= 0.6 is 0 Å². The highest BCUT2D eigenvalue weighted by Crippen LogP contribution is 2.16. The maximum atomic E-state index is 12.9. The quantitative estimate of drug-likeness (QED) is 0.733. The molecule has 0 aliphatic carbocycles. The lowest BCUT2D eigenvalue weighted by atomic mass is 10.2. The molecule has 23 heavy (non-hydrogen) atoms. The van der Waals surface area contributed by atoms with Crippen molar-refractivity contribution < 1.29 is 0 Å². The summed E-state index contributed by atoms with van der Waals surface area (Å²) < 4.78 is 6.68. The number of aromatic nitrogens is 5. The van der Waals surface area contributed by atoms with Gasteiger partial charge < -0.3 is 4.57 Å². The Hall–Kier alpha value is -2.31. The topological polar surface area (TPSA) is 66.2 Å². The van der Waals surface area contributed by atoms with Crippen LogP contribution in [0.5, 0.6) is 0 Å². The van der Waals surface area contributed by atoms with E-state index in [4.69, 9.17) is 0 Å². The van der Waals surface area contributed by atoms with Crippen LogP contribution < -0.4 is 11.2 Å². The fraction of sp³-hybridized carbons (Fsp3) is 0.562. The molecule has 0 aliphatic heterocycles. The predicted molar refractivity (Wildman–Crippen MR) is 90.1 cm³/mol. The summed E-state index contributed by atoms with van der Waals surface area (Å²) in [6.45, 7) is 9.33. The van der Waals surface area contributed by atoms with E-state index in [0.717, 1.165) is 18.7 Å². The summed E-state index contributed by atoms with van der Waals surface area (Å²) in [4.78, 5) is 29.9. The van der Waals surface area contributed by atoms with Crippen molar-refractivity contribution >= 4 is 16.9 Å². The molecule has 0 saturated carbocycles. The van der Waals surface area contributed by atoms with Crippen LogP contribution in [0.2, 0.25) is 0 Å². The standard InChI is InChI=1S/C16H23N5O2/c1-6-7-19-11(4)9-20-12-13(17-15(19)20)18(5)16(23)21(14(12)22)8-10(2)3/h9-10H,6-8H2,1-5H3. The Morgan fingerprint density at radius 3 is 2.52 bits per heavy atom. The normalized spacial score (nSPS) is 12.1. The zero-order chi connectivity index (χ0) is 16.9. The van der Waals surface area contributed by atoms with E-state index >= 15 is 0 Å². The molecule has 0 atom stereocenters. The van der Waals surface area contributed by atoms with Crippen molar-refractivity contribution in [2.24, 2.45) is 13.0 Å². The molecular weight excluding hydrogens is 294 g/mol. The molecule has 3 aromatic heterocycles. The molecule has 0 spiro atoms. The number of fused-ring (bicyclic) bond motifs is 3. The molecule has 3 rings (SSSR count). The molecule has 0 N–H and O–H groups in total. The summed E-state index contributed by atoms with van der Waals surface area (Å²) in [6.07, 6.45) is 2.90. The molecule has 0 fully saturated rings. The highest BCUT2D eigenvalue weighted by atomic mass is 16.2. The van der Waals surface area contributed by atoms with Crippen molar-refractivity contribution in [1.82, 2.24) is 23.1 Å². The number of hydrogen-bond acceptors (Lipinski definition) is 3. The minimum Gasteiger partial charge on any atom is -0.314 e. The molecule has 0 radical (unpaired) electrons. The van der Waals surface area contributed by atoms with E-state index in [0.29, 0.717) is 23.5 Å². The average Bonchev–Trinajstić information content (AvgIpc) is 2.98. The summed E-state index contributed by atoms with van der Waals surface area (Å²) in [5.74, 6) is 0.932. The number of hydrogen-bond donors (Lipinski definition) is 0. The molecule has 0 aromatic carbocycles. The van der Waals surface area contributed by atoms with E-state index in [1.807, 2.05) is 31.4 Å². The van der Waals surface area contributed by atoms with Gasteiger partial charge in [0.1, 0.15) is 0 Å². The first-order valence-corrected chi connectivity index (χ1v) is 8.04. The SMILES string of the molecule is CCCn1c(C)cn2c3c(=O)n(CC(C)C)c(=O)n(C)c3nc12. The summed E-state index contributed by atoms with van der Waals surface area (Å²) in [6, 6.07) is 0. The van der Waals surface area contributed by atoms with Gasteiger partial charge in [-0.3, -0.25) is 18.3 Å². The summed E-state index contributed by atoms with van der Waals surface area (Å²) in [5.41, 5.74) is 1.40. The Kier molecular flexibility index (Phi) is 3.66. The van der Waals surface area contributed by atoms with Gasteiger partial charge in [0, 0.05) is 32.0 Å². The van der Waals surface area contributed by atoms with Crippen molar-refractivity contribution in [3.63, 3.8) is 0 Å². The zero-order valence-electron chi connectivity index (χ0n) is 14.3. The molecule has 3 aromatic rings. The van der Waals surface area contributed by atoms with Crippen molar-refractivity contribution in [2.45, 2.75) is 47.2 Å². The van der Waals surface area contributed by atoms with Crippen LogP contribution in [-0.2, 0) is 20.1 Å². The van der Waals surface area contributed by atoms with Crippen LogP contribution in [-0.4, -0.2) is 23.1 Å². The molecule has 0 unspecified atom stereocenters. The fourth-order valence-electron chi connectivity index (χ4n) is 3.08. The largest absolute Gasteiger partial charge is 0.332 e. The van der Waals surface area contributed by atoms with Gasteiger partial charge in [0.15, 0.2) is 11.2 Å². The Balaban J connectivity index is 2.45. The van der Waals surface area contributed by atoms with Gasteiger partial charge in [-0.2, -0.15) is 4.98 Å². The maximum absolute atomic E-state index is 12.9. The van der Waals surface area contributed by atoms with E-state index in [1.54, 1.807) is 7.05 Å². The lowest BCUT2D eigenvalue weighted by Gasteiger charge is -2.09. The third-order valence-electron chi connectivity index (χ3n) is 4.14. The van der Waals surface area contributed by atoms with Gasteiger partial charge in [-0.25, -0.2) is 4.79 Å². The van der Waals surface area contributed by atoms with E-state index in [9.17, 15) is 9.59 Å². The minimum atomic E-state index is -0.310. The third kappa shape index (κ3) is 2.22. The van der Waals surface area contributed by atoms with Crippen molar-refractivity contribution in [3.05, 3.63) is 32.7 Å². The van der Waals surface area contributed by atoms with Crippen molar-refractivity contribution in [1.29, 1.82) is 0 Å². The highest BCUT2D eigenvalue weighted by molar-refractivity contribution is 5.75. The predicted octanol–water partition coefficient (Wildman–Crippen LogP) is 1.52. The van der Waals surface area contributed by atoms with E-state index in [1.165, 1.54) is 9.13 Å². The van der Waals surface area contributed by atoms with Crippen LogP contribution in [0, 0.1) is 12.8 Å². The Bertz CT molecular complexity index is 1000. The Morgan fingerprint density at radius 2 is 1.91 bits per heavy atom. The number of aryl methyl sites for hydroxylation is 3. The Morgan fingerprint density at radius 1 is 1.22 bits per heavy atom. The molecule has 124 valence electrons. The van der Waals surface area contributed by atoms with Gasteiger partial charge in [0.2, 0.25) is 5.78 Å². The van der Waals surface area contributed by atoms with E-state index in [2.05, 4.69) is 16.5 Å². The van der Waals surface area contributed by atoms with Gasteiger partial charge >= 0.3 is 5.69 Å². The lowest BCUT2D eigenvalue weighted by Crippen LogP contribution is -2.40. The van der Waals surface area contributed by atoms with Gasteiger partial charge in [0.25, 0.3) is 5.56 Å². The first kappa shape index (κ1) is 15.6. The lowest BCUT2D eigenvalue weighted by molar-refractivity contribution is 0.484. The smallest absolute Gasteiger partial charge is 0.314 e.